The van der Waals surface area contributed by atoms with Gasteiger partial charge in [0, 0.05) is 24.4 Å². The number of piperidine rings is 1. The number of ether oxygens (including phenoxy) is 2. The summed E-state index contributed by atoms with van der Waals surface area (Å²) in [5.74, 6) is -0.971. The number of likely N-dealkylation sites (tertiary alicyclic amines) is 1. The quantitative estimate of drug-likeness (QED) is 0.179. The van der Waals surface area contributed by atoms with Crippen LogP contribution in [-0.2, 0) is 29.3 Å². The summed E-state index contributed by atoms with van der Waals surface area (Å²) in [6.07, 6.45) is 2.15. The number of benzene rings is 2. The molecule has 1 unspecified atom stereocenters. The first-order valence-corrected chi connectivity index (χ1v) is 13.9. The molecule has 1 atom stereocenters. The van der Waals surface area contributed by atoms with Gasteiger partial charge < -0.3 is 19.7 Å². The lowest BCUT2D eigenvalue weighted by Gasteiger charge is -2.42. The predicted octanol–water partition coefficient (Wildman–Crippen LogP) is 3.08. The van der Waals surface area contributed by atoms with Crippen LogP contribution in [0.3, 0.4) is 0 Å². The number of nitrogens with one attached hydrogen (secondary N) is 1. The Labute approximate surface area is 249 Å². The molecule has 2 aromatic rings. The zero-order valence-corrected chi connectivity index (χ0v) is 24.4. The molecule has 13 nitrogen and oxygen atoms in total. The van der Waals surface area contributed by atoms with E-state index in [2.05, 4.69) is 10.2 Å². The summed E-state index contributed by atoms with van der Waals surface area (Å²) in [5.41, 5.74) is 0.782. The van der Waals surface area contributed by atoms with Gasteiger partial charge in [0.05, 0.1) is 30.1 Å². The summed E-state index contributed by atoms with van der Waals surface area (Å²) in [6, 6.07) is 13.3. The Balaban J connectivity index is 1.50. The first kappa shape index (κ1) is 31.2. The minimum absolute atomic E-state index is 0.0962. The van der Waals surface area contributed by atoms with Gasteiger partial charge >= 0.3 is 18.0 Å². The van der Waals surface area contributed by atoms with Crippen LogP contribution in [0.2, 0.25) is 0 Å². The van der Waals surface area contributed by atoms with Crippen molar-refractivity contribution in [3.05, 3.63) is 87.1 Å². The third-order valence-corrected chi connectivity index (χ3v) is 8.12. The number of esters is 2. The van der Waals surface area contributed by atoms with Crippen LogP contribution in [-0.4, -0.2) is 84.6 Å². The number of hydrazine groups is 1. The molecule has 1 fully saturated rings. The fourth-order valence-corrected chi connectivity index (χ4v) is 5.84. The van der Waals surface area contributed by atoms with Crippen molar-refractivity contribution >= 4 is 30.1 Å². The maximum atomic E-state index is 13.2. The standard InChI is InChI=1S/C30H35N5O8/c1-21-25(27(37)42-2)26(22-10-12-24(13-11-22)35(40)41)34(29(39)31-21)33(20-36)17-7-16-32-18-14-30(15-19-32,28(38)43-3)23-8-5-4-6-9-23/h4-6,8-13,20,26H,7,14-19H2,1-3H3,(H,31,39). The molecule has 4 rings (SSSR count). The van der Waals surface area contributed by atoms with Crippen LogP contribution in [0.4, 0.5) is 10.5 Å². The van der Waals surface area contributed by atoms with E-state index in [0.717, 1.165) is 10.6 Å². The minimum atomic E-state index is -1.06. The third kappa shape index (κ3) is 6.36. The monoisotopic (exact) mass is 593 g/mol. The fraction of sp³-hybridized carbons (Fsp3) is 0.400. The molecule has 1 N–H and O–H groups in total. The second-order valence-electron chi connectivity index (χ2n) is 10.5. The largest absolute Gasteiger partial charge is 0.468 e. The van der Waals surface area contributed by atoms with Gasteiger partial charge in [0.2, 0.25) is 6.41 Å². The summed E-state index contributed by atoms with van der Waals surface area (Å²) in [6.45, 7) is 3.55. The minimum Gasteiger partial charge on any atom is -0.468 e. The molecule has 0 bridgehead atoms. The number of non-ortho nitro benzene ring substituents is 1. The van der Waals surface area contributed by atoms with Gasteiger partial charge in [0.25, 0.3) is 5.69 Å². The number of nitrogens with zero attached hydrogens (tertiary/aromatic N) is 4. The summed E-state index contributed by atoms with van der Waals surface area (Å²) < 4.78 is 10.2. The summed E-state index contributed by atoms with van der Waals surface area (Å²) in [4.78, 5) is 64.1. The zero-order chi connectivity index (χ0) is 31.1. The summed E-state index contributed by atoms with van der Waals surface area (Å²) >= 11 is 0. The van der Waals surface area contributed by atoms with Gasteiger partial charge in [0.1, 0.15) is 6.04 Å². The normalized spacial score (nSPS) is 18.4. The maximum Gasteiger partial charge on any atom is 0.341 e. The Hall–Kier alpha value is -4.78. The van der Waals surface area contributed by atoms with Crippen molar-refractivity contribution in [1.29, 1.82) is 0 Å². The number of carbonyl (C=O) groups is 4. The van der Waals surface area contributed by atoms with Crippen molar-refractivity contribution < 1.29 is 33.6 Å². The van der Waals surface area contributed by atoms with E-state index in [1.165, 1.54) is 43.5 Å². The number of hydrogen-bond acceptors (Lipinski definition) is 9. The fourth-order valence-electron chi connectivity index (χ4n) is 5.84. The zero-order valence-electron chi connectivity index (χ0n) is 24.4. The van der Waals surface area contributed by atoms with Gasteiger partial charge in [-0.3, -0.25) is 24.7 Å². The average Bonchev–Trinajstić information content (AvgIpc) is 3.03. The molecule has 228 valence electrons. The van der Waals surface area contributed by atoms with Gasteiger partial charge in [-0.05, 0) is 69.1 Å². The molecule has 0 aliphatic carbocycles. The number of amides is 3. The van der Waals surface area contributed by atoms with Gasteiger partial charge in [-0.2, -0.15) is 0 Å². The van der Waals surface area contributed by atoms with E-state index in [9.17, 15) is 29.3 Å². The average molecular weight is 594 g/mol. The highest BCUT2D eigenvalue weighted by molar-refractivity contribution is 5.95. The van der Waals surface area contributed by atoms with Gasteiger partial charge in [-0.15, -0.1) is 0 Å². The van der Waals surface area contributed by atoms with E-state index in [0.29, 0.717) is 50.9 Å². The molecule has 0 radical (unpaired) electrons. The first-order chi connectivity index (χ1) is 20.7. The molecule has 3 amide bonds. The lowest BCUT2D eigenvalue weighted by Crippen LogP contribution is -2.56. The molecule has 2 aliphatic rings. The number of nitro benzene ring substituents is 1. The van der Waals surface area contributed by atoms with E-state index in [-0.39, 0.29) is 29.5 Å². The summed E-state index contributed by atoms with van der Waals surface area (Å²) in [5, 5.41) is 16.2. The van der Waals surface area contributed by atoms with Crippen molar-refractivity contribution in [2.45, 2.75) is 37.6 Å². The Morgan fingerprint density at radius 3 is 2.30 bits per heavy atom. The lowest BCUT2D eigenvalue weighted by atomic mass is 9.72. The number of carbonyl (C=O) groups excluding carboxylic acids is 4. The highest BCUT2D eigenvalue weighted by atomic mass is 16.6. The number of urea groups is 1. The number of rotatable bonds is 11. The van der Waals surface area contributed by atoms with Gasteiger partial charge in [-0.25, -0.2) is 14.6 Å². The van der Waals surface area contributed by atoms with Crippen LogP contribution in [0.5, 0.6) is 0 Å². The Morgan fingerprint density at radius 2 is 1.74 bits per heavy atom. The second kappa shape index (κ2) is 13.5. The Bertz CT molecular complexity index is 1390. The molecule has 0 aromatic heterocycles. The van der Waals surface area contributed by atoms with E-state index in [4.69, 9.17) is 9.47 Å². The number of methoxy groups -OCH3 is 2. The molecule has 2 heterocycles. The van der Waals surface area contributed by atoms with Crippen molar-refractivity contribution in [3.63, 3.8) is 0 Å². The SMILES string of the molecule is COC(=O)C1=C(C)NC(=O)N(N(C=O)CCCN2CCC(C(=O)OC)(c3ccccc3)CC2)C1c1ccc([N+](=O)[O-])cc1. The van der Waals surface area contributed by atoms with Gasteiger partial charge in [-0.1, -0.05) is 30.3 Å². The molecular formula is C30H35N5O8. The third-order valence-electron chi connectivity index (χ3n) is 8.12. The van der Waals surface area contributed by atoms with Crippen LogP contribution in [0.1, 0.15) is 43.4 Å². The van der Waals surface area contributed by atoms with Gasteiger partial charge in [0.15, 0.2) is 0 Å². The molecule has 13 heteroatoms. The lowest BCUT2D eigenvalue weighted by molar-refractivity contribution is -0.384. The van der Waals surface area contributed by atoms with E-state index in [1.54, 1.807) is 6.92 Å². The molecule has 2 aliphatic heterocycles. The van der Waals surface area contributed by atoms with Crippen LogP contribution in [0.15, 0.2) is 65.9 Å². The molecule has 1 saturated heterocycles. The predicted molar refractivity (Wildman–Crippen MR) is 154 cm³/mol. The van der Waals surface area contributed by atoms with Crippen molar-refractivity contribution in [3.8, 4) is 0 Å². The maximum absolute atomic E-state index is 13.2. The van der Waals surface area contributed by atoms with Crippen molar-refractivity contribution in [2.24, 2.45) is 0 Å². The highest BCUT2D eigenvalue weighted by Gasteiger charge is 2.44. The topological polar surface area (TPSA) is 152 Å². The van der Waals surface area contributed by atoms with Crippen LogP contribution >= 0.6 is 0 Å². The van der Waals surface area contributed by atoms with Crippen LogP contribution in [0, 0.1) is 10.1 Å². The molecular weight excluding hydrogens is 558 g/mol. The molecule has 0 saturated carbocycles. The second-order valence-corrected chi connectivity index (χ2v) is 10.5. The summed E-state index contributed by atoms with van der Waals surface area (Å²) in [7, 11) is 2.61. The van der Waals surface area contributed by atoms with E-state index in [1.807, 2.05) is 30.3 Å². The van der Waals surface area contributed by atoms with Crippen molar-refractivity contribution in [1.82, 2.24) is 20.2 Å². The molecule has 43 heavy (non-hydrogen) atoms. The van der Waals surface area contributed by atoms with Crippen LogP contribution in [0.25, 0.3) is 0 Å². The molecule has 0 spiro atoms. The van der Waals surface area contributed by atoms with E-state index < -0.39 is 28.4 Å². The number of hydrogen-bond donors (Lipinski definition) is 1. The van der Waals surface area contributed by atoms with E-state index >= 15 is 0 Å². The molecule has 2 aromatic carbocycles. The number of nitro groups is 1. The smallest absolute Gasteiger partial charge is 0.341 e. The first-order valence-electron chi connectivity index (χ1n) is 13.9. The van der Waals surface area contributed by atoms with Crippen molar-refractivity contribution in [2.75, 3.05) is 40.4 Å². The number of allylic oxidation sites excluding steroid dienone is 1. The Kier molecular flexibility index (Phi) is 9.76. The highest BCUT2D eigenvalue weighted by Crippen LogP contribution is 2.38. The van der Waals surface area contributed by atoms with Crippen LogP contribution < -0.4 is 5.32 Å². The Morgan fingerprint density at radius 1 is 1.09 bits per heavy atom.